The highest BCUT2D eigenvalue weighted by atomic mass is 16.7. The fraction of sp³-hybridized carbons (Fsp3) is 0.308. The molecule has 0 bridgehead atoms. The lowest BCUT2D eigenvalue weighted by Crippen LogP contribution is -2.12. The number of nitrogens with two attached hydrogens (primary N) is 1. The third kappa shape index (κ3) is 1.93. The Morgan fingerprint density at radius 2 is 2.22 bits per heavy atom. The summed E-state index contributed by atoms with van der Waals surface area (Å²) in [5, 5.41) is 0. The quantitative estimate of drug-likeness (QED) is 0.893. The van der Waals surface area contributed by atoms with Crippen molar-refractivity contribution in [3.63, 3.8) is 0 Å². The standard InChI is InChI=1S/C13H15N3O2/c1-9(14)11-5-15-7-16(11)6-10-2-3-12-13(4-10)18-8-17-12/h2-5,7,9H,6,8,14H2,1H3/t9-/m0/s1. The van der Waals surface area contributed by atoms with E-state index < -0.39 is 0 Å². The van der Waals surface area contributed by atoms with E-state index in [1.165, 1.54) is 0 Å². The molecule has 2 N–H and O–H groups in total. The summed E-state index contributed by atoms with van der Waals surface area (Å²) in [5.74, 6) is 1.60. The van der Waals surface area contributed by atoms with Crippen molar-refractivity contribution in [2.24, 2.45) is 5.73 Å². The van der Waals surface area contributed by atoms with Crippen molar-refractivity contribution in [3.05, 3.63) is 42.0 Å². The lowest BCUT2D eigenvalue weighted by atomic mass is 10.2. The van der Waals surface area contributed by atoms with Gasteiger partial charge in [0.05, 0.1) is 12.0 Å². The summed E-state index contributed by atoms with van der Waals surface area (Å²) in [6.07, 6.45) is 3.60. The summed E-state index contributed by atoms with van der Waals surface area (Å²) in [6, 6.07) is 5.92. The highest BCUT2D eigenvalue weighted by Gasteiger charge is 2.14. The number of benzene rings is 1. The van der Waals surface area contributed by atoms with Crippen LogP contribution in [0.25, 0.3) is 0 Å². The SMILES string of the molecule is C[C@H](N)c1cncn1Cc1ccc2c(c1)OCO2. The number of fused-ring (bicyclic) bond motifs is 1. The molecule has 18 heavy (non-hydrogen) atoms. The Labute approximate surface area is 105 Å². The van der Waals surface area contributed by atoms with Gasteiger partial charge in [-0.3, -0.25) is 0 Å². The zero-order valence-corrected chi connectivity index (χ0v) is 10.2. The van der Waals surface area contributed by atoms with Crippen LogP contribution < -0.4 is 15.2 Å². The molecule has 5 nitrogen and oxygen atoms in total. The highest BCUT2D eigenvalue weighted by Crippen LogP contribution is 2.32. The molecule has 0 saturated heterocycles. The first-order valence-corrected chi connectivity index (χ1v) is 5.88. The first-order valence-electron chi connectivity index (χ1n) is 5.88. The Morgan fingerprint density at radius 1 is 1.39 bits per heavy atom. The molecule has 2 aromatic rings. The summed E-state index contributed by atoms with van der Waals surface area (Å²) >= 11 is 0. The second kappa shape index (κ2) is 4.34. The minimum atomic E-state index is -0.0264. The Bertz CT molecular complexity index is 563. The van der Waals surface area contributed by atoms with Crippen molar-refractivity contribution in [1.82, 2.24) is 9.55 Å². The first-order chi connectivity index (χ1) is 8.74. The second-order valence-electron chi connectivity index (χ2n) is 4.42. The molecule has 94 valence electrons. The van der Waals surface area contributed by atoms with Crippen LogP contribution in [-0.4, -0.2) is 16.3 Å². The zero-order chi connectivity index (χ0) is 12.5. The Hall–Kier alpha value is -2.01. The van der Waals surface area contributed by atoms with E-state index >= 15 is 0 Å². The average molecular weight is 245 g/mol. The van der Waals surface area contributed by atoms with Crippen LogP contribution >= 0.6 is 0 Å². The van der Waals surface area contributed by atoms with Gasteiger partial charge in [0.15, 0.2) is 11.5 Å². The maximum absolute atomic E-state index is 5.90. The second-order valence-corrected chi connectivity index (χ2v) is 4.42. The molecular formula is C13H15N3O2. The third-order valence-electron chi connectivity index (χ3n) is 3.00. The van der Waals surface area contributed by atoms with E-state index in [1.807, 2.05) is 29.7 Å². The van der Waals surface area contributed by atoms with Crippen LogP contribution in [0.15, 0.2) is 30.7 Å². The molecule has 5 heteroatoms. The van der Waals surface area contributed by atoms with Crippen molar-refractivity contribution < 1.29 is 9.47 Å². The number of hydrogen-bond acceptors (Lipinski definition) is 4. The van der Waals surface area contributed by atoms with Gasteiger partial charge in [-0.1, -0.05) is 6.07 Å². The molecule has 3 rings (SSSR count). The van der Waals surface area contributed by atoms with Crippen LogP contribution in [-0.2, 0) is 6.54 Å². The predicted octanol–water partition coefficient (Wildman–Crippen LogP) is 1.68. The van der Waals surface area contributed by atoms with Crippen LogP contribution in [0, 0.1) is 0 Å². The van der Waals surface area contributed by atoms with Gasteiger partial charge in [-0.2, -0.15) is 0 Å². The van der Waals surface area contributed by atoms with Crippen molar-refractivity contribution in [3.8, 4) is 11.5 Å². The summed E-state index contributed by atoms with van der Waals surface area (Å²) in [6.45, 7) is 2.98. The van der Waals surface area contributed by atoms with Gasteiger partial charge in [0, 0.05) is 18.8 Å². The molecule has 1 aliphatic heterocycles. The van der Waals surface area contributed by atoms with Crippen molar-refractivity contribution >= 4 is 0 Å². The highest BCUT2D eigenvalue weighted by molar-refractivity contribution is 5.44. The Balaban J connectivity index is 1.86. The largest absolute Gasteiger partial charge is 0.454 e. The minimum Gasteiger partial charge on any atom is -0.454 e. The summed E-state index contributed by atoms with van der Waals surface area (Å²) < 4.78 is 12.7. The molecule has 1 atom stereocenters. The molecule has 1 aromatic carbocycles. The van der Waals surface area contributed by atoms with E-state index in [0.717, 1.165) is 29.3 Å². The number of aromatic nitrogens is 2. The summed E-state index contributed by atoms with van der Waals surface area (Å²) in [5.41, 5.74) is 8.06. The molecular weight excluding hydrogens is 230 g/mol. The molecule has 2 heterocycles. The molecule has 0 amide bonds. The van der Waals surface area contributed by atoms with Gasteiger partial charge in [0.2, 0.25) is 6.79 Å². The van der Waals surface area contributed by atoms with Crippen molar-refractivity contribution in [1.29, 1.82) is 0 Å². The van der Waals surface area contributed by atoms with E-state index in [2.05, 4.69) is 4.98 Å². The number of rotatable bonds is 3. The zero-order valence-electron chi connectivity index (χ0n) is 10.2. The minimum absolute atomic E-state index is 0.0264. The van der Waals surface area contributed by atoms with Gasteiger partial charge < -0.3 is 19.8 Å². The molecule has 0 unspecified atom stereocenters. The Kier molecular flexibility index (Phi) is 2.68. The summed E-state index contributed by atoms with van der Waals surface area (Å²) in [4.78, 5) is 4.14. The van der Waals surface area contributed by atoms with Gasteiger partial charge in [-0.15, -0.1) is 0 Å². The van der Waals surface area contributed by atoms with E-state index in [0.29, 0.717) is 6.79 Å². The number of hydrogen-bond donors (Lipinski definition) is 1. The van der Waals surface area contributed by atoms with Crippen LogP contribution in [0.5, 0.6) is 11.5 Å². The molecule has 1 aromatic heterocycles. The number of imidazole rings is 1. The number of ether oxygens (including phenoxy) is 2. The molecule has 0 saturated carbocycles. The molecule has 0 fully saturated rings. The fourth-order valence-electron chi connectivity index (χ4n) is 2.08. The lowest BCUT2D eigenvalue weighted by Gasteiger charge is -2.11. The molecule has 0 aliphatic carbocycles. The summed E-state index contributed by atoms with van der Waals surface area (Å²) in [7, 11) is 0. The van der Waals surface area contributed by atoms with Crippen LogP contribution in [0.1, 0.15) is 24.2 Å². The van der Waals surface area contributed by atoms with Gasteiger partial charge >= 0.3 is 0 Å². The topological polar surface area (TPSA) is 62.3 Å². The van der Waals surface area contributed by atoms with Crippen molar-refractivity contribution in [2.75, 3.05) is 6.79 Å². The van der Waals surface area contributed by atoms with Crippen LogP contribution in [0.2, 0.25) is 0 Å². The first kappa shape index (κ1) is 11.1. The average Bonchev–Trinajstić information content (AvgIpc) is 2.96. The fourth-order valence-corrected chi connectivity index (χ4v) is 2.08. The normalized spacial score (nSPS) is 14.8. The van der Waals surface area contributed by atoms with E-state index in [1.54, 1.807) is 12.5 Å². The third-order valence-corrected chi connectivity index (χ3v) is 3.00. The Morgan fingerprint density at radius 3 is 3.06 bits per heavy atom. The van der Waals surface area contributed by atoms with Gasteiger partial charge in [0.25, 0.3) is 0 Å². The van der Waals surface area contributed by atoms with E-state index in [-0.39, 0.29) is 6.04 Å². The van der Waals surface area contributed by atoms with Crippen molar-refractivity contribution in [2.45, 2.75) is 19.5 Å². The molecule has 0 spiro atoms. The maximum atomic E-state index is 5.90. The van der Waals surface area contributed by atoms with E-state index in [4.69, 9.17) is 15.2 Å². The van der Waals surface area contributed by atoms with Gasteiger partial charge in [-0.05, 0) is 24.6 Å². The van der Waals surface area contributed by atoms with Gasteiger partial charge in [0.1, 0.15) is 0 Å². The van der Waals surface area contributed by atoms with Gasteiger partial charge in [-0.25, -0.2) is 4.98 Å². The molecule has 0 radical (unpaired) electrons. The van der Waals surface area contributed by atoms with E-state index in [9.17, 15) is 0 Å². The maximum Gasteiger partial charge on any atom is 0.231 e. The molecule has 1 aliphatic rings. The number of nitrogens with zero attached hydrogens (tertiary/aromatic N) is 2. The predicted molar refractivity (Wildman–Crippen MR) is 66.5 cm³/mol. The lowest BCUT2D eigenvalue weighted by molar-refractivity contribution is 0.174. The van der Waals surface area contributed by atoms with Crippen LogP contribution in [0.3, 0.4) is 0 Å². The van der Waals surface area contributed by atoms with Crippen LogP contribution in [0.4, 0.5) is 0 Å². The monoisotopic (exact) mass is 245 g/mol. The smallest absolute Gasteiger partial charge is 0.231 e.